The number of hydrogen-bond donors (Lipinski definition) is 4. The number of nitrogens with one attached hydrogen (secondary N) is 3. The Morgan fingerprint density at radius 1 is 1.44 bits per heavy atom. The molecule has 1 heterocycles. The largest absolute Gasteiger partial charge is 0.481 e. The summed E-state index contributed by atoms with van der Waals surface area (Å²) in [6.07, 6.45) is -0.163. The van der Waals surface area contributed by atoms with E-state index in [0.29, 0.717) is 0 Å². The van der Waals surface area contributed by atoms with Gasteiger partial charge in [-0.3, -0.25) is 14.6 Å². The van der Waals surface area contributed by atoms with Crippen molar-refractivity contribution >= 4 is 11.8 Å². The summed E-state index contributed by atoms with van der Waals surface area (Å²) in [4.78, 5) is 35.0. The third-order valence-electron chi connectivity index (χ3n) is 2.45. The Bertz CT molecular complexity index is 540. The lowest BCUT2D eigenvalue weighted by atomic mass is 9.85. The van der Waals surface area contributed by atoms with Crippen LogP contribution in [0.3, 0.4) is 0 Å². The highest BCUT2D eigenvalue weighted by molar-refractivity contribution is 5.68. The van der Waals surface area contributed by atoms with Gasteiger partial charge >= 0.3 is 11.7 Å². The molecule has 0 saturated carbocycles. The van der Waals surface area contributed by atoms with E-state index in [2.05, 4.69) is 15.5 Å². The third-order valence-corrected chi connectivity index (χ3v) is 2.45. The molecule has 1 atom stereocenters. The highest BCUT2D eigenvalue weighted by Gasteiger charge is 2.28. The summed E-state index contributed by atoms with van der Waals surface area (Å²) in [7, 11) is 0. The van der Waals surface area contributed by atoms with Gasteiger partial charge < -0.3 is 10.4 Å². The van der Waals surface area contributed by atoms with E-state index in [1.165, 1.54) is 0 Å². The molecule has 0 aromatic carbocycles. The molecule has 1 rings (SSSR count). The van der Waals surface area contributed by atoms with Gasteiger partial charge in [0.05, 0.1) is 6.42 Å². The number of anilines is 1. The monoisotopic (exact) mass is 256 g/mol. The molecule has 0 aliphatic carbocycles. The van der Waals surface area contributed by atoms with E-state index in [1.54, 1.807) is 0 Å². The van der Waals surface area contributed by atoms with Gasteiger partial charge in [-0.05, 0) is 5.41 Å². The summed E-state index contributed by atoms with van der Waals surface area (Å²) in [5.74, 6) is -1.08. The van der Waals surface area contributed by atoms with Gasteiger partial charge in [0.2, 0.25) is 5.82 Å². The molecule has 8 nitrogen and oxygen atoms in total. The maximum Gasteiger partial charge on any atom is 0.342 e. The topological polar surface area (TPSA) is 128 Å². The minimum Gasteiger partial charge on any atom is -0.481 e. The van der Waals surface area contributed by atoms with E-state index >= 15 is 0 Å². The van der Waals surface area contributed by atoms with Gasteiger partial charge in [-0.25, -0.2) is 9.89 Å². The summed E-state index contributed by atoms with van der Waals surface area (Å²) < 4.78 is 0. The number of rotatable bonds is 4. The van der Waals surface area contributed by atoms with Crippen LogP contribution in [0.4, 0.5) is 5.82 Å². The fourth-order valence-electron chi connectivity index (χ4n) is 1.36. The smallest absolute Gasteiger partial charge is 0.342 e. The summed E-state index contributed by atoms with van der Waals surface area (Å²) in [6.45, 7) is 5.52. The van der Waals surface area contributed by atoms with Crippen molar-refractivity contribution in [3.8, 4) is 0 Å². The molecule has 0 amide bonds. The lowest BCUT2D eigenvalue weighted by Crippen LogP contribution is -2.39. The zero-order chi connectivity index (χ0) is 13.9. The van der Waals surface area contributed by atoms with Gasteiger partial charge in [-0.1, -0.05) is 20.8 Å². The van der Waals surface area contributed by atoms with Crippen molar-refractivity contribution in [2.45, 2.75) is 33.2 Å². The van der Waals surface area contributed by atoms with Gasteiger partial charge in [-0.15, -0.1) is 5.10 Å². The van der Waals surface area contributed by atoms with Crippen LogP contribution in [0.15, 0.2) is 9.59 Å². The summed E-state index contributed by atoms with van der Waals surface area (Å²) in [5.41, 5.74) is -1.78. The Kier molecular flexibility index (Phi) is 3.89. The van der Waals surface area contributed by atoms with E-state index in [0.717, 1.165) is 0 Å². The standard InChI is InChI=1S/C10H16N4O4/c1-10(2,3)5(4-6(15)16)11-7-8(17)12-9(18)14-13-7/h5H,4H2,1-3H3,(H,11,13)(H,15,16)(H2,12,14,17,18). The molecular formula is C10H16N4O4. The van der Waals surface area contributed by atoms with Crippen LogP contribution in [0.2, 0.25) is 0 Å². The number of carboxylic acid groups (broad SMARTS) is 1. The van der Waals surface area contributed by atoms with Crippen molar-refractivity contribution in [1.82, 2.24) is 15.2 Å². The average Bonchev–Trinajstić information content (AvgIpc) is 2.18. The zero-order valence-corrected chi connectivity index (χ0v) is 10.4. The van der Waals surface area contributed by atoms with Crippen molar-refractivity contribution in [2.75, 3.05) is 5.32 Å². The molecule has 0 saturated heterocycles. The number of carbonyl (C=O) groups is 1. The molecule has 0 fully saturated rings. The molecule has 18 heavy (non-hydrogen) atoms. The van der Waals surface area contributed by atoms with E-state index in [-0.39, 0.29) is 17.7 Å². The van der Waals surface area contributed by atoms with Crippen LogP contribution in [0.5, 0.6) is 0 Å². The van der Waals surface area contributed by atoms with Crippen LogP contribution in [0, 0.1) is 5.41 Å². The van der Waals surface area contributed by atoms with Crippen LogP contribution in [0.1, 0.15) is 27.2 Å². The van der Waals surface area contributed by atoms with Crippen molar-refractivity contribution in [1.29, 1.82) is 0 Å². The number of aromatic nitrogens is 3. The zero-order valence-electron chi connectivity index (χ0n) is 10.4. The molecule has 0 radical (unpaired) electrons. The van der Waals surface area contributed by atoms with E-state index in [9.17, 15) is 14.4 Å². The molecule has 4 N–H and O–H groups in total. The van der Waals surface area contributed by atoms with Crippen LogP contribution >= 0.6 is 0 Å². The summed E-state index contributed by atoms with van der Waals surface area (Å²) >= 11 is 0. The predicted molar refractivity (Wildman–Crippen MR) is 64.6 cm³/mol. The fourth-order valence-corrected chi connectivity index (χ4v) is 1.36. The fraction of sp³-hybridized carbons (Fsp3) is 0.600. The number of H-pyrrole nitrogens is 2. The van der Waals surface area contributed by atoms with Gasteiger partial charge in [0.25, 0.3) is 5.56 Å². The number of aliphatic carboxylic acids is 1. The molecule has 0 bridgehead atoms. The quantitative estimate of drug-likeness (QED) is 0.588. The number of hydrogen-bond acceptors (Lipinski definition) is 5. The second-order valence-electron chi connectivity index (χ2n) is 5.02. The minimum absolute atomic E-state index is 0.101. The molecule has 0 aliphatic rings. The maximum absolute atomic E-state index is 11.4. The number of nitrogens with zero attached hydrogens (tertiary/aromatic N) is 1. The van der Waals surface area contributed by atoms with Crippen LogP contribution in [0.25, 0.3) is 0 Å². The SMILES string of the molecule is CC(C)(C)C(CC(=O)O)Nc1n[nH]c(=O)[nH]c1=O. The molecule has 100 valence electrons. The van der Waals surface area contributed by atoms with Crippen molar-refractivity contribution in [2.24, 2.45) is 5.41 Å². The highest BCUT2D eigenvalue weighted by Crippen LogP contribution is 2.23. The van der Waals surface area contributed by atoms with Gasteiger partial charge in [0, 0.05) is 6.04 Å². The lowest BCUT2D eigenvalue weighted by molar-refractivity contribution is -0.137. The molecule has 1 unspecified atom stereocenters. The van der Waals surface area contributed by atoms with Gasteiger partial charge in [0.1, 0.15) is 0 Å². The first-order valence-corrected chi connectivity index (χ1v) is 5.37. The van der Waals surface area contributed by atoms with Crippen LogP contribution < -0.4 is 16.6 Å². The Balaban J connectivity index is 3.00. The Hall–Kier alpha value is -2.12. The molecule has 1 aromatic heterocycles. The Labute approximate surface area is 102 Å². The number of carboxylic acids is 1. The first-order valence-electron chi connectivity index (χ1n) is 5.37. The minimum atomic E-state index is -0.983. The van der Waals surface area contributed by atoms with Crippen molar-refractivity contribution in [3.63, 3.8) is 0 Å². The summed E-state index contributed by atoms with van der Waals surface area (Å²) in [5, 5.41) is 17.2. The molecule has 1 aromatic rings. The van der Waals surface area contributed by atoms with Crippen LogP contribution in [-0.2, 0) is 4.79 Å². The first-order chi connectivity index (χ1) is 8.20. The van der Waals surface area contributed by atoms with E-state index in [1.807, 2.05) is 25.8 Å². The number of aromatic amines is 2. The third kappa shape index (κ3) is 3.72. The Morgan fingerprint density at radius 2 is 2.06 bits per heavy atom. The second kappa shape index (κ2) is 5.03. The average molecular weight is 256 g/mol. The molecule has 8 heteroatoms. The van der Waals surface area contributed by atoms with Gasteiger partial charge in [0.15, 0.2) is 0 Å². The second-order valence-corrected chi connectivity index (χ2v) is 5.02. The van der Waals surface area contributed by atoms with E-state index < -0.39 is 23.3 Å². The van der Waals surface area contributed by atoms with E-state index in [4.69, 9.17) is 5.11 Å². The van der Waals surface area contributed by atoms with Crippen LogP contribution in [-0.4, -0.2) is 32.3 Å². The lowest BCUT2D eigenvalue weighted by Gasteiger charge is -2.30. The van der Waals surface area contributed by atoms with Crippen molar-refractivity contribution in [3.05, 3.63) is 20.8 Å². The normalized spacial score (nSPS) is 13.1. The Morgan fingerprint density at radius 3 is 2.50 bits per heavy atom. The summed E-state index contributed by atoms with van der Waals surface area (Å²) in [6, 6.07) is -0.491. The molecular weight excluding hydrogens is 240 g/mol. The molecule has 0 aliphatic heterocycles. The maximum atomic E-state index is 11.4. The van der Waals surface area contributed by atoms with Crippen molar-refractivity contribution < 1.29 is 9.90 Å². The highest BCUT2D eigenvalue weighted by atomic mass is 16.4. The first kappa shape index (κ1) is 13.9. The predicted octanol–water partition coefficient (Wildman–Crippen LogP) is -0.240. The molecule has 0 spiro atoms. The van der Waals surface area contributed by atoms with Gasteiger partial charge in [-0.2, -0.15) is 0 Å².